The molecule has 0 bridgehead atoms. The average molecular weight is 347 g/mol. The van der Waals surface area contributed by atoms with Gasteiger partial charge in [0.15, 0.2) is 9.84 Å². The summed E-state index contributed by atoms with van der Waals surface area (Å²) in [5, 5.41) is 3.24. The van der Waals surface area contributed by atoms with Crippen molar-refractivity contribution in [2.75, 3.05) is 11.1 Å². The fraction of sp³-hybridized carbons (Fsp3) is 0.412. The molecule has 1 aromatic heterocycles. The maximum atomic E-state index is 12.3. The monoisotopic (exact) mass is 347 g/mol. The summed E-state index contributed by atoms with van der Waals surface area (Å²) < 4.78 is 24.7. The van der Waals surface area contributed by atoms with E-state index in [2.05, 4.69) is 15.3 Å². The van der Waals surface area contributed by atoms with Gasteiger partial charge in [0, 0.05) is 6.07 Å². The lowest BCUT2D eigenvalue weighted by Gasteiger charge is -2.25. The molecule has 24 heavy (non-hydrogen) atoms. The summed E-state index contributed by atoms with van der Waals surface area (Å²) >= 11 is 0. The third-order valence-corrected chi connectivity index (χ3v) is 6.17. The van der Waals surface area contributed by atoms with Gasteiger partial charge >= 0.3 is 0 Å². The number of fused-ring (bicyclic) bond motifs is 1. The van der Waals surface area contributed by atoms with Crippen LogP contribution in [0.4, 0.5) is 5.82 Å². The highest BCUT2D eigenvalue weighted by Gasteiger charge is 2.26. The first-order chi connectivity index (χ1) is 11.4. The Labute approximate surface area is 141 Å². The topological polar surface area (TPSA) is 91.9 Å². The van der Waals surface area contributed by atoms with Gasteiger partial charge in [0.25, 0.3) is 5.56 Å². The Morgan fingerprint density at radius 1 is 1.25 bits per heavy atom. The molecule has 7 heteroatoms. The number of aromatic amines is 1. The quantitative estimate of drug-likeness (QED) is 0.885. The first kappa shape index (κ1) is 16.7. The van der Waals surface area contributed by atoms with Crippen molar-refractivity contribution in [3.05, 3.63) is 52.1 Å². The van der Waals surface area contributed by atoms with Crippen LogP contribution in [0.1, 0.15) is 37.4 Å². The van der Waals surface area contributed by atoms with Gasteiger partial charge in [-0.05, 0) is 36.0 Å². The van der Waals surface area contributed by atoms with Gasteiger partial charge in [0.05, 0.1) is 23.0 Å². The largest absolute Gasteiger partial charge is 0.363 e. The number of aromatic nitrogens is 2. The van der Waals surface area contributed by atoms with Crippen molar-refractivity contribution in [1.82, 2.24) is 9.97 Å². The lowest BCUT2D eigenvalue weighted by molar-refractivity contribution is 0.542. The third kappa shape index (κ3) is 3.36. The Hall–Kier alpha value is -2.15. The number of benzene rings is 1. The molecule has 1 aliphatic rings. The number of nitrogens with one attached hydrogen (secondary N) is 2. The summed E-state index contributed by atoms with van der Waals surface area (Å²) in [6.45, 7) is 4.08. The van der Waals surface area contributed by atoms with Gasteiger partial charge in [-0.1, -0.05) is 26.0 Å². The molecule has 0 amide bonds. The number of aryl methyl sites for hydroxylation is 1. The van der Waals surface area contributed by atoms with E-state index in [9.17, 15) is 13.2 Å². The molecule has 0 aliphatic carbocycles. The van der Waals surface area contributed by atoms with Crippen LogP contribution >= 0.6 is 0 Å². The van der Waals surface area contributed by atoms with E-state index in [1.165, 1.54) is 12.4 Å². The van der Waals surface area contributed by atoms with Crippen molar-refractivity contribution in [1.29, 1.82) is 0 Å². The van der Waals surface area contributed by atoms with Crippen LogP contribution in [0.2, 0.25) is 0 Å². The van der Waals surface area contributed by atoms with E-state index < -0.39 is 9.84 Å². The molecule has 1 aliphatic heterocycles. The standard InChI is InChI=1S/C17H21N3O3S/c1-11(2)17(20-15-9-16(21)19-10-18-15)13-6-5-12-4-3-7-24(22,23)14(12)8-13/h5-6,8-11,17H,3-4,7H2,1-2H3,(H2,18,19,20,21)/t17-/m0/s1. The van der Waals surface area contributed by atoms with E-state index in [-0.39, 0.29) is 23.3 Å². The van der Waals surface area contributed by atoms with Crippen molar-refractivity contribution >= 4 is 15.7 Å². The average Bonchev–Trinajstić information content (AvgIpc) is 2.52. The van der Waals surface area contributed by atoms with Gasteiger partial charge in [-0.2, -0.15) is 0 Å². The molecule has 6 nitrogen and oxygen atoms in total. The molecule has 0 radical (unpaired) electrons. The molecule has 0 saturated carbocycles. The molecular formula is C17H21N3O3S. The second kappa shape index (κ2) is 6.39. The van der Waals surface area contributed by atoms with Crippen molar-refractivity contribution in [2.24, 2.45) is 5.92 Å². The fourth-order valence-corrected chi connectivity index (χ4v) is 4.69. The predicted octanol–water partition coefficient (Wildman–Crippen LogP) is 2.30. The maximum Gasteiger partial charge on any atom is 0.252 e. The molecule has 3 rings (SSSR count). The van der Waals surface area contributed by atoms with E-state index in [0.29, 0.717) is 17.1 Å². The molecule has 2 aromatic rings. The number of hydrogen-bond donors (Lipinski definition) is 2. The van der Waals surface area contributed by atoms with E-state index >= 15 is 0 Å². The summed E-state index contributed by atoms with van der Waals surface area (Å²) in [6.07, 6.45) is 2.82. The molecule has 1 aromatic carbocycles. The SMILES string of the molecule is CC(C)[C@H](Nc1cc(=O)[nH]cn1)c1ccc2c(c1)S(=O)(=O)CCC2. The molecule has 0 unspecified atom stereocenters. The van der Waals surface area contributed by atoms with Crippen LogP contribution < -0.4 is 10.9 Å². The minimum Gasteiger partial charge on any atom is -0.363 e. The van der Waals surface area contributed by atoms with Crippen LogP contribution in [0.3, 0.4) is 0 Å². The number of nitrogens with zero attached hydrogens (tertiary/aromatic N) is 1. The van der Waals surface area contributed by atoms with E-state index in [0.717, 1.165) is 17.5 Å². The van der Waals surface area contributed by atoms with Crippen LogP contribution in [0, 0.1) is 5.92 Å². The molecular weight excluding hydrogens is 326 g/mol. The highest BCUT2D eigenvalue weighted by molar-refractivity contribution is 7.91. The highest BCUT2D eigenvalue weighted by Crippen LogP contribution is 2.31. The van der Waals surface area contributed by atoms with Crippen LogP contribution in [0.25, 0.3) is 0 Å². The van der Waals surface area contributed by atoms with E-state index in [1.54, 1.807) is 6.07 Å². The number of H-pyrrole nitrogens is 1. The normalized spacial score (nSPS) is 17.3. The van der Waals surface area contributed by atoms with Crippen LogP contribution in [-0.4, -0.2) is 24.1 Å². The van der Waals surface area contributed by atoms with Crippen LogP contribution in [0.15, 0.2) is 40.3 Å². The smallest absolute Gasteiger partial charge is 0.252 e. The number of sulfone groups is 1. The lowest BCUT2D eigenvalue weighted by atomic mass is 9.94. The molecule has 128 valence electrons. The number of anilines is 1. The predicted molar refractivity (Wildman–Crippen MR) is 92.9 cm³/mol. The van der Waals surface area contributed by atoms with Crippen molar-refractivity contribution < 1.29 is 8.42 Å². The second-order valence-electron chi connectivity index (χ2n) is 6.45. The molecule has 0 spiro atoms. The zero-order valence-corrected chi connectivity index (χ0v) is 14.6. The minimum atomic E-state index is -3.20. The first-order valence-electron chi connectivity index (χ1n) is 8.04. The number of rotatable bonds is 4. The molecule has 2 heterocycles. The lowest BCUT2D eigenvalue weighted by Crippen LogP contribution is -2.21. The fourth-order valence-electron chi connectivity index (χ4n) is 3.06. The maximum absolute atomic E-state index is 12.3. The Bertz CT molecular complexity index is 903. The Kier molecular flexibility index (Phi) is 4.45. The summed E-state index contributed by atoms with van der Waals surface area (Å²) in [4.78, 5) is 18.5. The summed E-state index contributed by atoms with van der Waals surface area (Å²) in [5.74, 6) is 0.868. The van der Waals surface area contributed by atoms with Crippen molar-refractivity contribution in [3.63, 3.8) is 0 Å². The molecule has 0 fully saturated rings. The molecule has 1 atom stereocenters. The van der Waals surface area contributed by atoms with E-state index in [4.69, 9.17) is 0 Å². The van der Waals surface area contributed by atoms with Crippen LogP contribution in [-0.2, 0) is 16.3 Å². The number of hydrogen-bond acceptors (Lipinski definition) is 5. The third-order valence-electron chi connectivity index (χ3n) is 4.29. The summed E-state index contributed by atoms with van der Waals surface area (Å²) in [7, 11) is -3.20. The van der Waals surface area contributed by atoms with Crippen molar-refractivity contribution in [2.45, 2.75) is 37.6 Å². The summed E-state index contributed by atoms with van der Waals surface area (Å²) in [5.41, 5.74) is 1.54. The molecule has 0 saturated heterocycles. The summed E-state index contributed by atoms with van der Waals surface area (Å²) in [6, 6.07) is 6.90. The Morgan fingerprint density at radius 3 is 2.75 bits per heavy atom. The van der Waals surface area contributed by atoms with Crippen molar-refractivity contribution in [3.8, 4) is 0 Å². The minimum absolute atomic E-state index is 0.137. The van der Waals surface area contributed by atoms with Gasteiger partial charge < -0.3 is 10.3 Å². The van der Waals surface area contributed by atoms with Gasteiger partial charge in [-0.15, -0.1) is 0 Å². The van der Waals surface area contributed by atoms with Gasteiger partial charge in [0.1, 0.15) is 5.82 Å². The Balaban J connectivity index is 1.99. The zero-order valence-electron chi connectivity index (χ0n) is 13.7. The van der Waals surface area contributed by atoms with Gasteiger partial charge in [-0.25, -0.2) is 13.4 Å². The highest BCUT2D eigenvalue weighted by atomic mass is 32.2. The first-order valence-corrected chi connectivity index (χ1v) is 9.69. The van der Waals surface area contributed by atoms with Gasteiger partial charge in [-0.3, -0.25) is 4.79 Å². The Morgan fingerprint density at radius 2 is 2.04 bits per heavy atom. The second-order valence-corrected chi connectivity index (χ2v) is 8.53. The molecule has 2 N–H and O–H groups in total. The van der Waals surface area contributed by atoms with Gasteiger partial charge in [0.2, 0.25) is 0 Å². The zero-order chi connectivity index (χ0) is 17.3. The van der Waals surface area contributed by atoms with E-state index in [1.807, 2.05) is 26.0 Å². The van der Waals surface area contributed by atoms with Crippen LogP contribution in [0.5, 0.6) is 0 Å².